The number of rotatable bonds is 6. The summed E-state index contributed by atoms with van der Waals surface area (Å²) >= 11 is 0. The second-order valence-corrected chi connectivity index (χ2v) is 7.99. The summed E-state index contributed by atoms with van der Waals surface area (Å²) in [6.45, 7) is 3.27. The number of hydrogen-bond donors (Lipinski definition) is 1. The van der Waals surface area contributed by atoms with Crippen LogP contribution in [-0.2, 0) is 11.2 Å². The van der Waals surface area contributed by atoms with Crippen LogP contribution in [0.3, 0.4) is 0 Å². The van der Waals surface area contributed by atoms with Crippen molar-refractivity contribution >= 4 is 11.8 Å². The Balaban J connectivity index is 1.42. The summed E-state index contributed by atoms with van der Waals surface area (Å²) in [5.74, 6) is -0.143. The van der Waals surface area contributed by atoms with Crippen molar-refractivity contribution in [2.45, 2.75) is 44.2 Å². The highest BCUT2D eigenvalue weighted by Gasteiger charge is 2.32. The number of carbonyl (C=O) groups excluding carboxylic acids is 2. The van der Waals surface area contributed by atoms with Crippen LogP contribution in [0.4, 0.5) is 0 Å². The summed E-state index contributed by atoms with van der Waals surface area (Å²) in [6, 6.07) is 13.2. The summed E-state index contributed by atoms with van der Waals surface area (Å²) in [4.78, 5) is 30.3. The first-order valence-corrected chi connectivity index (χ1v) is 10.6. The van der Waals surface area contributed by atoms with E-state index in [0.717, 1.165) is 31.7 Å². The molecule has 1 aliphatic carbocycles. The Labute approximate surface area is 171 Å². The molecule has 154 valence electrons. The number of amides is 2. The van der Waals surface area contributed by atoms with Gasteiger partial charge in [0.05, 0.1) is 6.26 Å². The van der Waals surface area contributed by atoms with Gasteiger partial charge < -0.3 is 14.6 Å². The molecule has 2 heterocycles. The Morgan fingerprint density at radius 1 is 1.00 bits per heavy atom. The first-order chi connectivity index (χ1) is 14.2. The van der Waals surface area contributed by atoms with Gasteiger partial charge in [-0.15, -0.1) is 0 Å². The van der Waals surface area contributed by atoms with E-state index in [9.17, 15) is 9.59 Å². The third kappa shape index (κ3) is 4.88. The molecule has 1 unspecified atom stereocenters. The van der Waals surface area contributed by atoms with Gasteiger partial charge in [-0.2, -0.15) is 0 Å². The van der Waals surface area contributed by atoms with Crippen LogP contribution in [0.2, 0.25) is 0 Å². The molecule has 1 aromatic carbocycles. The fourth-order valence-electron chi connectivity index (χ4n) is 4.48. The van der Waals surface area contributed by atoms with Gasteiger partial charge in [0.15, 0.2) is 5.76 Å². The summed E-state index contributed by atoms with van der Waals surface area (Å²) in [5, 5.41) is 2.89. The SMILES string of the molecule is O=C(NC(Cc1ccccc1)C(=O)N1CCN(C2CCCC2)CC1)c1ccco1. The van der Waals surface area contributed by atoms with Crippen molar-refractivity contribution in [1.29, 1.82) is 0 Å². The van der Waals surface area contributed by atoms with Gasteiger partial charge in [0.25, 0.3) is 5.91 Å². The average Bonchev–Trinajstić information content (AvgIpc) is 3.48. The molecule has 2 aromatic rings. The van der Waals surface area contributed by atoms with E-state index < -0.39 is 6.04 Å². The smallest absolute Gasteiger partial charge is 0.287 e. The van der Waals surface area contributed by atoms with Crippen molar-refractivity contribution in [3.8, 4) is 0 Å². The zero-order valence-electron chi connectivity index (χ0n) is 16.8. The van der Waals surface area contributed by atoms with Crippen molar-refractivity contribution in [2.75, 3.05) is 26.2 Å². The molecule has 2 amide bonds. The fraction of sp³-hybridized carbons (Fsp3) is 0.478. The van der Waals surface area contributed by atoms with Gasteiger partial charge in [0, 0.05) is 38.6 Å². The van der Waals surface area contributed by atoms with E-state index in [1.165, 1.54) is 31.9 Å². The Hall–Kier alpha value is -2.60. The van der Waals surface area contributed by atoms with E-state index in [1.54, 1.807) is 12.1 Å². The van der Waals surface area contributed by atoms with Gasteiger partial charge >= 0.3 is 0 Å². The first kappa shape index (κ1) is 19.7. The van der Waals surface area contributed by atoms with E-state index >= 15 is 0 Å². The van der Waals surface area contributed by atoms with E-state index in [0.29, 0.717) is 12.5 Å². The van der Waals surface area contributed by atoms with Crippen LogP contribution < -0.4 is 5.32 Å². The molecule has 0 spiro atoms. The third-order valence-corrected chi connectivity index (χ3v) is 6.10. The van der Waals surface area contributed by atoms with Crippen LogP contribution in [0.5, 0.6) is 0 Å². The number of piperazine rings is 1. The summed E-state index contributed by atoms with van der Waals surface area (Å²) in [5.41, 5.74) is 1.02. The molecule has 6 heteroatoms. The van der Waals surface area contributed by atoms with Crippen LogP contribution in [0.15, 0.2) is 53.1 Å². The number of carbonyl (C=O) groups is 2. The molecule has 1 N–H and O–H groups in total. The lowest BCUT2D eigenvalue weighted by atomic mass is 10.0. The molecule has 2 fully saturated rings. The highest BCUT2D eigenvalue weighted by Crippen LogP contribution is 2.24. The maximum Gasteiger partial charge on any atom is 0.287 e. The molecule has 1 atom stereocenters. The van der Waals surface area contributed by atoms with Crippen LogP contribution in [0, 0.1) is 0 Å². The standard InChI is InChI=1S/C23H29N3O3/c27-22(21-11-6-16-29-21)24-20(17-18-7-2-1-3-8-18)23(28)26-14-12-25(13-15-26)19-9-4-5-10-19/h1-3,6-8,11,16,19-20H,4-5,9-10,12-15,17H2,(H,24,27). The molecule has 2 aliphatic rings. The highest BCUT2D eigenvalue weighted by atomic mass is 16.3. The Morgan fingerprint density at radius 2 is 1.72 bits per heavy atom. The van der Waals surface area contributed by atoms with Gasteiger partial charge in [-0.25, -0.2) is 0 Å². The molecule has 0 radical (unpaired) electrons. The van der Waals surface area contributed by atoms with Crippen LogP contribution >= 0.6 is 0 Å². The van der Waals surface area contributed by atoms with Crippen molar-refractivity contribution in [1.82, 2.24) is 15.1 Å². The normalized spacial score (nSPS) is 19.2. The number of nitrogens with one attached hydrogen (secondary N) is 1. The van der Waals surface area contributed by atoms with Gasteiger partial charge in [0.2, 0.25) is 5.91 Å². The summed E-state index contributed by atoms with van der Waals surface area (Å²) in [6.07, 6.45) is 7.14. The van der Waals surface area contributed by atoms with Gasteiger partial charge in [0.1, 0.15) is 6.04 Å². The Kier molecular flexibility index (Phi) is 6.30. The number of benzene rings is 1. The first-order valence-electron chi connectivity index (χ1n) is 10.6. The molecular formula is C23H29N3O3. The maximum absolute atomic E-state index is 13.3. The number of furan rings is 1. The quantitative estimate of drug-likeness (QED) is 0.817. The van der Waals surface area contributed by atoms with Gasteiger partial charge in [-0.3, -0.25) is 14.5 Å². The Bertz CT molecular complexity index is 792. The lowest BCUT2D eigenvalue weighted by Gasteiger charge is -2.39. The zero-order chi connectivity index (χ0) is 20.1. The van der Waals surface area contributed by atoms with E-state index in [-0.39, 0.29) is 17.6 Å². The molecule has 1 saturated carbocycles. The monoisotopic (exact) mass is 395 g/mol. The third-order valence-electron chi connectivity index (χ3n) is 6.10. The second kappa shape index (κ2) is 9.27. The minimum Gasteiger partial charge on any atom is -0.459 e. The second-order valence-electron chi connectivity index (χ2n) is 7.99. The molecule has 1 aliphatic heterocycles. The minimum absolute atomic E-state index is 0.0140. The van der Waals surface area contributed by atoms with Crippen molar-refractivity contribution in [3.63, 3.8) is 0 Å². The maximum atomic E-state index is 13.3. The van der Waals surface area contributed by atoms with Crippen LogP contribution in [0.25, 0.3) is 0 Å². The summed E-state index contributed by atoms with van der Waals surface area (Å²) in [7, 11) is 0. The number of nitrogens with zero attached hydrogens (tertiary/aromatic N) is 2. The van der Waals surface area contributed by atoms with Crippen molar-refractivity contribution in [3.05, 3.63) is 60.1 Å². The molecular weight excluding hydrogens is 366 g/mol. The average molecular weight is 396 g/mol. The van der Waals surface area contributed by atoms with Crippen molar-refractivity contribution in [2.24, 2.45) is 0 Å². The molecule has 6 nitrogen and oxygen atoms in total. The van der Waals surface area contributed by atoms with E-state index in [1.807, 2.05) is 35.2 Å². The summed E-state index contributed by atoms with van der Waals surface area (Å²) < 4.78 is 5.20. The lowest BCUT2D eigenvalue weighted by Crippen LogP contribution is -2.56. The molecule has 0 bridgehead atoms. The van der Waals surface area contributed by atoms with Crippen molar-refractivity contribution < 1.29 is 14.0 Å². The highest BCUT2D eigenvalue weighted by molar-refractivity contribution is 5.95. The van der Waals surface area contributed by atoms with Crippen LogP contribution in [0.1, 0.15) is 41.8 Å². The van der Waals surface area contributed by atoms with Gasteiger partial charge in [-0.1, -0.05) is 43.2 Å². The fourth-order valence-corrected chi connectivity index (χ4v) is 4.48. The molecule has 1 aromatic heterocycles. The zero-order valence-corrected chi connectivity index (χ0v) is 16.8. The van der Waals surface area contributed by atoms with Gasteiger partial charge in [-0.05, 0) is 30.5 Å². The van der Waals surface area contributed by atoms with E-state index in [4.69, 9.17) is 4.42 Å². The van der Waals surface area contributed by atoms with Crippen LogP contribution in [-0.4, -0.2) is 59.9 Å². The molecule has 29 heavy (non-hydrogen) atoms. The minimum atomic E-state index is -0.604. The topological polar surface area (TPSA) is 65.8 Å². The molecule has 1 saturated heterocycles. The number of hydrogen-bond acceptors (Lipinski definition) is 4. The predicted octanol–water partition coefficient (Wildman–Crippen LogP) is 2.71. The predicted molar refractivity (Wildman–Crippen MR) is 111 cm³/mol. The largest absolute Gasteiger partial charge is 0.459 e. The Morgan fingerprint density at radius 3 is 2.38 bits per heavy atom. The lowest BCUT2D eigenvalue weighted by molar-refractivity contribution is -0.135. The molecule has 4 rings (SSSR count). The van der Waals surface area contributed by atoms with E-state index in [2.05, 4.69) is 10.2 Å².